The molecule has 3 rings (SSSR count). The van der Waals surface area contributed by atoms with E-state index in [1.165, 1.54) is 0 Å². The molecule has 0 atom stereocenters. The van der Waals surface area contributed by atoms with Crippen molar-refractivity contribution in [3.8, 4) is 11.3 Å². The number of allylic oxidation sites excluding steroid dienone is 2. The smallest absolute Gasteiger partial charge is 0.162 e. The van der Waals surface area contributed by atoms with Crippen LogP contribution in [0.4, 0.5) is 0 Å². The van der Waals surface area contributed by atoms with Crippen LogP contribution in [0.2, 0.25) is 0 Å². The van der Waals surface area contributed by atoms with E-state index in [4.69, 9.17) is 4.98 Å². The van der Waals surface area contributed by atoms with Crippen molar-refractivity contribution in [2.24, 2.45) is 10.8 Å². The van der Waals surface area contributed by atoms with E-state index in [9.17, 15) is 4.79 Å². The van der Waals surface area contributed by atoms with Gasteiger partial charge < -0.3 is 5.32 Å². The summed E-state index contributed by atoms with van der Waals surface area (Å²) in [6, 6.07) is 20.8. The lowest BCUT2D eigenvalue weighted by Gasteiger charge is -2.35. The van der Waals surface area contributed by atoms with Gasteiger partial charge in [-0.2, -0.15) is 0 Å². The van der Waals surface area contributed by atoms with Crippen molar-refractivity contribution in [1.29, 1.82) is 0 Å². The number of carbonyl (C=O) groups is 1. The summed E-state index contributed by atoms with van der Waals surface area (Å²) < 4.78 is 0. The number of fused-ring (bicyclic) bond motifs is 1. The van der Waals surface area contributed by atoms with Crippen LogP contribution in [-0.4, -0.2) is 10.8 Å². The zero-order chi connectivity index (χ0) is 23.7. The Morgan fingerprint density at radius 1 is 0.812 bits per heavy atom. The highest BCUT2D eigenvalue weighted by atomic mass is 16.1. The van der Waals surface area contributed by atoms with Crippen LogP contribution >= 0.6 is 0 Å². The van der Waals surface area contributed by atoms with Crippen LogP contribution in [0, 0.1) is 10.8 Å². The Balaban J connectivity index is 2.12. The predicted octanol–water partition coefficient (Wildman–Crippen LogP) is 7.27. The maximum Gasteiger partial charge on any atom is 0.162 e. The summed E-state index contributed by atoms with van der Waals surface area (Å²) in [6.45, 7) is 16.5. The highest BCUT2D eigenvalue weighted by Crippen LogP contribution is 2.34. The summed E-state index contributed by atoms with van der Waals surface area (Å²) in [5, 5.41) is 5.96. The van der Waals surface area contributed by atoms with Gasteiger partial charge in [-0.25, -0.2) is 4.98 Å². The van der Waals surface area contributed by atoms with Gasteiger partial charge in [-0.3, -0.25) is 4.79 Å². The molecule has 0 aliphatic carbocycles. The van der Waals surface area contributed by atoms with Gasteiger partial charge in [0.15, 0.2) is 5.78 Å². The Hall–Kier alpha value is -2.94. The van der Waals surface area contributed by atoms with Gasteiger partial charge in [0.2, 0.25) is 0 Å². The topological polar surface area (TPSA) is 42.0 Å². The number of pyridine rings is 1. The summed E-state index contributed by atoms with van der Waals surface area (Å²) in [6.07, 6.45) is 1.78. The molecular formula is C29H36N2O. The van der Waals surface area contributed by atoms with Gasteiger partial charge in [0, 0.05) is 33.6 Å². The molecule has 0 amide bonds. The number of carbonyl (C=O) groups excluding carboxylic acids is 1. The second kappa shape index (κ2) is 8.54. The standard InChI is InChI=1S/C29H36N2O/c1-27(2,3)23(19-25(32)28(4,5)6)31-29(7,8)24-18-21-16-12-13-17-22(21)26(30-24)20-14-10-9-11-15-20/h9-19,31H,1-8H3. The quantitative estimate of drug-likeness (QED) is 0.434. The average Bonchev–Trinajstić information content (AvgIpc) is 2.71. The van der Waals surface area contributed by atoms with Gasteiger partial charge in [-0.15, -0.1) is 0 Å². The van der Waals surface area contributed by atoms with Gasteiger partial charge in [-0.05, 0) is 25.3 Å². The first-order chi connectivity index (χ1) is 14.8. The minimum absolute atomic E-state index is 0.113. The molecule has 1 heterocycles. The number of rotatable bonds is 5. The summed E-state index contributed by atoms with van der Waals surface area (Å²) in [7, 11) is 0. The van der Waals surface area contributed by atoms with E-state index >= 15 is 0 Å². The van der Waals surface area contributed by atoms with Crippen molar-refractivity contribution < 1.29 is 4.79 Å². The number of hydrogen-bond donors (Lipinski definition) is 1. The maximum absolute atomic E-state index is 12.8. The number of ketones is 1. The number of nitrogens with zero attached hydrogens (tertiary/aromatic N) is 1. The van der Waals surface area contributed by atoms with Gasteiger partial charge >= 0.3 is 0 Å². The van der Waals surface area contributed by atoms with E-state index in [1.807, 2.05) is 39.0 Å². The predicted molar refractivity (Wildman–Crippen MR) is 135 cm³/mol. The molecule has 168 valence electrons. The first-order valence-corrected chi connectivity index (χ1v) is 11.3. The van der Waals surface area contributed by atoms with Gasteiger partial charge in [0.1, 0.15) is 0 Å². The van der Waals surface area contributed by atoms with Crippen LogP contribution < -0.4 is 5.32 Å². The summed E-state index contributed by atoms with van der Waals surface area (Å²) in [4.78, 5) is 18.0. The molecule has 2 aromatic carbocycles. The Bertz CT molecular complexity index is 1140. The van der Waals surface area contributed by atoms with Crippen LogP contribution in [0.5, 0.6) is 0 Å². The average molecular weight is 429 g/mol. The molecule has 1 N–H and O–H groups in total. The number of aromatic nitrogens is 1. The zero-order valence-electron chi connectivity index (χ0n) is 20.7. The molecule has 0 aliphatic rings. The first kappa shape index (κ1) is 23.7. The second-order valence-corrected chi connectivity index (χ2v) is 11.1. The molecule has 0 unspecified atom stereocenters. The number of hydrogen-bond acceptors (Lipinski definition) is 3. The number of benzene rings is 2. The molecule has 1 aromatic heterocycles. The highest BCUT2D eigenvalue weighted by molar-refractivity contribution is 5.95. The zero-order valence-corrected chi connectivity index (χ0v) is 20.7. The normalized spacial score (nSPS) is 13.3. The van der Waals surface area contributed by atoms with Crippen molar-refractivity contribution in [3.05, 3.63) is 78.1 Å². The summed E-state index contributed by atoms with van der Waals surface area (Å²) in [5.74, 6) is 0.113. The second-order valence-electron chi connectivity index (χ2n) is 11.1. The first-order valence-electron chi connectivity index (χ1n) is 11.3. The molecular weight excluding hydrogens is 392 g/mol. The molecule has 0 saturated heterocycles. The fourth-order valence-electron chi connectivity index (χ4n) is 3.52. The van der Waals surface area contributed by atoms with Crippen LogP contribution in [0.25, 0.3) is 22.0 Å². The van der Waals surface area contributed by atoms with Crippen LogP contribution in [0.1, 0.15) is 61.1 Å². The largest absolute Gasteiger partial charge is 0.377 e. The maximum atomic E-state index is 12.8. The molecule has 0 aliphatic heterocycles. The third kappa shape index (κ3) is 5.27. The lowest BCUT2D eigenvalue weighted by atomic mass is 9.84. The summed E-state index contributed by atoms with van der Waals surface area (Å²) in [5.41, 5.74) is 2.80. The van der Waals surface area contributed by atoms with E-state index in [-0.39, 0.29) is 11.2 Å². The molecule has 0 fully saturated rings. The van der Waals surface area contributed by atoms with E-state index in [0.29, 0.717) is 0 Å². The molecule has 3 heteroatoms. The van der Waals surface area contributed by atoms with Crippen molar-refractivity contribution in [1.82, 2.24) is 10.3 Å². The summed E-state index contributed by atoms with van der Waals surface area (Å²) >= 11 is 0. The van der Waals surface area contributed by atoms with Crippen LogP contribution in [0.3, 0.4) is 0 Å². The number of nitrogens with one attached hydrogen (secondary N) is 1. The fourth-order valence-corrected chi connectivity index (χ4v) is 3.52. The highest BCUT2D eigenvalue weighted by Gasteiger charge is 2.30. The van der Waals surface area contributed by atoms with E-state index < -0.39 is 11.0 Å². The van der Waals surface area contributed by atoms with Gasteiger partial charge in [0.05, 0.1) is 16.9 Å². The van der Waals surface area contributed by atoms with Crippen LogP contribution in [0.15, 0.2) is 72.4 Å². The molecule has 0 spiro atoms. The van der Waals surface area contributed by atoms with Crippen molar-refractivity contribution in [3.63, 3.8) is 0 Å². The molecule has 0 radical (unpaired) electrons. The monoisotopic (exact) mass is 428 g/mol. The Morgan fingerprint density at radius 3 is 2.00 bits per heavy atom. The fraction of sp³-hybridized carbons (Fsp3) is 0.379. The Morgan fingerprint density at radius 2 is 1.41 bits per heavy atom. The van der Waals surface area contributed by atoms with E-state index in [0.717, 1.165) is 33.4 Å². The minimum Gasteiger partial charge on any atom is -0.377 e. The molecule has 0 saturated carbocycles. The van der Waals surface area contributed by atoms with Crippen molar-refractivity contribution in [2.75, 3.05) is 0 Å². The van der Waals surface area contributed by atoms with E-state index in [2.05, 4.69) is 82.4 Å². The molecule has 32 heavy (non-hydrogen) atoms. The Labute approximate surface area is 193 Å². The third-order valence-corrected chi connectivity index (χ3v) is 5.70. The molecule has 3 nitrogen and oxygen atoms in total. The Kier molecular flexibility index (Phi) is 6.33. The SMILES string of the molecule is CC(C)(C)C(=O)C=C(NC(C)(C)c1cc2ccccc2c(-c2ccccc2)n1)C(C)(C)C. The lowest BCUT2D eigenvalue weighted by Crippen LogP contribution is -2.41. The minimum atomic E-state index is -0.481. The third-order valence-electron chi connectivity index (χ3n) is 5.70. The molecule has 3 aromatic rings. The van der Waals surface area contributed by atoms with Crippen molar-refractivity contribution in [2.45, 2.75) is 60.9 Å². The lowest BCUT2D eigenvalue weighted by molar-refractivity contribution is -0.121. The van der Waals surface area contributed by atoms with Crippen LogP contribution in [-0.2, 0) is 10.3 Å². The van der Waals surface area contributed by atoms with Gasteiger partial charge in [0.25, 0.3) is 0 Å². The molecule has 0 bridgehead atoms. The van der Waals surface area contributed by atoms with Gasteiger partial charge in [-0.1, -0.05) is 96.1 Å². The van der Waals surface area contributed by atoms with Crippen molar-refractivity contribution >= 4 is 16.6 Å². The van der Waals surface area contributed by atoms with E-state index in [1.54, 1.807) is 6.08 Å².